The molecule has 0 saturated heterocycles. The molecule has 23 heteroatoms. The third-order valence-corrected chi connectivity index (χ3v) is 4.26. The summed E-state index contributed by atoms with van der Waals surface area (Å²) in [5, 5.41) is 7.67. The van der Waals surface area contributed by atoms with Gasteiger partial charge in [0.1, 0.15) is 0 Å². The van der Waals surface area contributed by atoms with E-state index in [1.807, 2.05) is 0 Å². The first kappa shape index (κ1) is 33.7. The Balaban J connectivity index is 7.21. The van der Waals surface area contributed by atoms with Gasteiger partial charge in [0.05, 0.1) is 0 Å². The molecule has 0 radical (unpaired) electrons. The standard InChI is InChI=1S/C13H4F20O3/c1-2(34)4(14,15)6(18,19)8(22,23)10(26,27)12(30,31)13(32,33)11(28,29)9(24,25)7(20,21)5(16,17)3(35)36/h1H3,(H,35,36). The van der Waals surface area contributed by atoms with E-state index in [9.17, 15) is 97.4 Å². The molecule has 0 unspecified atom stereocenters. The summed E-state index contributed by atoms with van der Waals surface area (Å²) < 4.78 is 265. The second-order valence-electron chi connectivity index (χ2n) is 6.61. The molecule has 0 rings (SSSR count). The fourth-order valence-electron chi connectivity index (χ4n) is 1.93. The van der Waals surface area contributed by atoms with Crippen molar-refractivity contribution in [2.24, 2.45) is 0 Å². The minimum atomic E-state index is -9.25. The molecule has 0 aliphatic carbocycles. The lowest BCUT2D eigenvalue weighted by atomic mass is 9.85. The van der Waals surface area contributed by atoms with E-state index in [0.29, 0.717) is 0 Å². The third-order valence-electron chi connectivity index (χ3n) is 4.26. The van der Waals surface area contributed by atoms with Gasteiger partial charge < -0.3 is 5.11 Å². The molecule has 0 bridgehead atoms. The highest BCUT2D eigenvalue weighted by Gasteiger charge is 2.98. The summed E-state index contributed by atoms with van der Waals surface area (Å²) >= 11 is 0. The average molecular weight is 588 g/mol. The van der Waals surface area contributed by atoms with E-state index >= 15 is 0 Å². The van der Waals surface area contributed by atoms with Gasteiger partial charge >= 0.3 is 65.2 Å². The van der Waals surface area contributed by atoms with Crippen molar-refractivity contribution in [1.29, 1.82) is 0 Å². The van der Waals surface area contributed by atoms with Gasteiger partial charge in [-0.1, -0.05) is 0 Å². The first-order chi connectivity index (χ1) is 15.1. The minimum absolute atomic E-state index is 0.797. The first-order valence-electron chi connectivity index (χ1n) is 7.66. The van der Waals surface area contributed by atoms with Crippen molar-refractivity contribution in [2.45, 2.75) is 66.1 Å². The Kier molecular flexibility index (Phi) is 7.61. The van der Waals surface area contributed by atoms with Crippen molar-refractivity contribution < 1.29 is 103 Å². The molecule has 0 aromatic carbocycles. The fraction of sp³-hybridized carbons (Fsp3) is 0.846. The van der Waals surface area contributed by atoms with Crippen LogP contribution in [0.1, 0.15) is 6.92 Å². The number of aliphatic carboxylic acids is 1. The maximum absolute atomic E-state index is 13.5. The van der Waals surface area contributed by atoms with E-state index in [0.717, 1.165) is 0 Å². The van der Waals surface area contributed by atoms with Crippen LogP contribution in [-0.4, -0.2) is 76.1 Å². The number of hydrogen-bond donors (Lipinski definition) is 1. The Morgan fingerprint density at radius 2 is 0.556 bits per heavy atom. The number of carbonyl (C=O) groups excluding carboxylic acids is 1. The van der Waals surface area contributed by atoms with Crippen LogP contribution >= 0.6 is 0 Å². The predicted octanol–water partition coefficient (Wildman–Crippen LogP) is 6.01. The highest BCUT2D eigenvalue weighted by molar-refractivity contribution is 5.84. The van der Waals surface area contributed by atoms with Gasteiger partial charge in [-0.2, -0.15) is 87.8 Å². The average Bonchev–Trinajstić information content (AvgIpc) is 2.65. The van der Waals surface area contributed by atoms with Gasteiger partial charge in [-0.3, -0.25) is 4.79 Å². The Hall–Kier alpha value is -2.26. The van der Waals surface area contributed by atoms with Gasteiger partial charge in [-0.05, 0) is 0 Å². The van der Waals surface area contributed by atoms with Crippen LogP contribution in [0.25, 0.3) is 0 Å². The van der Waals surface area contributed by atoms with Gasteiger partial charge in [-0.25, -0.2) is 4.79 Å². The molecule has 0 aromatic rings. The molecule has 0 amide bonds. The van der Waals surface area contributed by atoms with Crippen LogP contribution < -0.4 is 0 Å². The third kappa shape index (κ3) is 3.64. The van der Waals surface area contributed by atoms with Crippen LogP contribution in [0.4, 0.5) is 87.8 Å². The summed E-state index contributed by atoms with van der Waals surface area (Å²) in [6.45, 7) is -0.797. The number of hydrogen-bond acceptors (Lipinski definition) is 2. The summed E-state index contributed by atoms with van der Waals surface area (Å²) in [7, 11) is 0. The van der Waals surface area contributed by atoms with Crippen LogP contribution in [0.15, 0.2) is 0 Å². The summed E-state index contributed by atoms with van der Waals surface area (Å²) in [5.41, 5.74) is 0. The summed E-state index contributed by atoms with van der Waals surface area (Å²) in [6, 6.07) is 0. The molecular weight excluding hydrogens is 584 g/mol. The van der Waals surface area contributed by atoms with Crippen LogP contribution in [0.3, 0.4) is 0 Å². The maximum Gasteiger partial charge on any atom is 0.410 e. The largest absolute Gasteiger partial charge is 0.477 e. The fourth-order valence-corrected chi connectivity index (χ4v) is 1.93. The maximum atomic E-state index is 13.5. The van der Waals surface area contributed by atoms with Gasteiger partial charge in [0.15, 0.2) is 0 Å². The molecule has 0 saturated carbocycles. The molecule has 1 N–H and O–H groups in total. The zero-order valence-electron chi connectivity index (χ0n) is 15.8. The highest BCUT2D eigenvalue weighted by Crippen LogP contribution is 2.66. The Morgan fingerprint density at radius 1 is 0.389 bits per heavy atom. The number of ketones is 1. The molecular formula is C13H4F20O3. The van der Waals surface area contributed by atoms with Crippen LogP contribution in [0.5, 0.6) is 0 Å². The molecule has 0 fully saturated rings. The van der Waals surface area contributed by atoms with Gasteiger partial charge in [0.25, 0.3) is 0 Å². The summed E-state index contributed by atoms with van der Waals surface area (Å²) in [4.78, 5) is 20.2. The molecule has 0 aromatic heterocycles. The molecule has 3 nitrogen and oxygen atoms in total. The number of alkyl halides is 20. The molecule has 214 valence electrons. The van der Waals surface area contributed by atoms with Crippen molar-refractivity contribution in [2.75, 3.05) is 0 Å². The van der Waals surface area contributed by atoms with E-state index < -0.39 is 77.9 Å². The van der Waals surface area contributed by atoms with E-state index in [4.69, 9.17) is 5.11 Å². The zero-order valence-corrected chi connectivity index (χ0v) is 15.8. The monoisotopic (exact) mass is 588 g/mol. The van der Waals surface area contributed by atoms with Gasteiger partial charge in [0.2, 0.25) is 5.78 Å². The Labute approximate surface area is 182 Å². The number of rotatable bonds is 11. The molecule has 0 aliphatic heterocycles. The lowest BCUT2D eigenvalue weighted by molar-refractivity contribution is -0.466. The second kappa shape index (κ2) is 8.12. The predicted molar refractivity (Wildman–Crippen MR) is 67.8 cm³/mol. The molecule has 0 aliphatic rings. The van der Waals surface area contributed by atoms with Crippen LogP contribution in [0, 0.1) is 0 Å². The number of carboxylic acids is 1. The molecule has 36 heavy (non-hydrogen) atoms. The van der Waals surface area contributed by atoms with E-state index in [2.05, 4.69) is 0 Å². The topological polar surface area (TPSA) is 54.4 Å². The van der Waals surface area contributed by atoms with Gasteiger partial charge in [-0.15, -0.1) is 0 Å². The van der Waals surface area contributed by atoms with E-state index in [-0.39, 0.29) is 0 Å². The number of halogens is 20. The zero-order chi connectivity index (χ0) is 30.2. The van der Waals surface area contributed by atoms with Crippen LogP contribution in [0.2, 0.25) is 0 Å². The van der Waals surface area contributed by atoms with Crippen LogP contribution in [-0.2, 0) is 9.59 Å². The quantitative estimate of drug-likeness (QED) is 0.301. The molecule has 0 atom stereocenters. The van der Waals surface area contributed by atoms with E-state index in [1.165, 1.54) is 0 Å². The second-order valence-corrected chi connectivity index (χ2v) is 6.61. The SMILES string of the molecule is CC(=O)C(F)(F)C(F)(F)C(F)(F)C(F)(F)C(F)(F)C(F)(F)C(F)(F)C(F)(F)C(F)(F)C(F)(F)C(=O)O. The van der Waals surface area contributed by atoms with Crippen molar-refractivity contribution in [3.63, 3.8) is 0 Å². The van der Waals surface area contributed by atoms with Gasteiger partial charge in [0, 0.05) is 6.92 Å². The van der Waals surface area contributed by atoms with Crippen molar-refractivity contribution in [3.05, 3.63) is 0 Å². The number of Topliss-reactive ketones (excluding diaryl/α,β-unsaturated/α-hetero) is 1. The first-order valence-corrected chi connectivity index (χ1v) is 7.66. The molecule has 0 spiro atoms. The minimum Gasteiger partial charge on any atom is -0.477 e. The molecule has 0 heterocycles. The number of carbonyl (C=O) groups is 2. The summed E-state index contributed by atoms with van der Waals surface area (Å²) in [6.07, 6.45) is 0. The summed E-state index contributed by atoms with van der Waals surface area (Å²) in [5.74, 6) is -93.9. The normalized spacial score (nSPS) is 16.2. The Morgan fingerprint density at radius 3 is 0.722 bits per heavy atom. The smallest absolute Gasteiger partial charge is 0.410 e. The van der Waals surface area contributed by atoms with Crippen molar-refractivity contribution >= 4 is 11.8 Å². The number of carboxylic acid groups (broad SMARTS) is 1. The van der Waals surface area contributed by atoms with Crippen molar-refractivity contribution in [1.82, 2.24) is 0 Å². The lowest BCUT2D eigenvalue weighted by Gasteiger charge is -2.44. The Bertz CT molecular complexity index is 815. The van der Waals surface area contributed by atoms with Crippen molar-refractivity contribution in [3.8, 4) is 0 Å². The lowest BCUT2D eigenvalue weighted by Crippen LogP contribution is -2.77. The van der Waals surface area contributed by atoms with E-state index in [1.54, 1.807) is 0 Å². The highest BCUT2D eigenvalue weighted by atomic mass is 19.4.